The average Bonchev–Trinajstić information content (AvgIpc) is 3.26. The van der Waals surface area contributed by atoms with Crippen LogP contribution in [0.4, 0.5) is 4.39 Å². The molecule has 0 radical (unpaired) electrons. The SMILES string of the molecule is CO[C@@H](C)c1c(CC(=O)Cc2cc(F)c3nccn3c2)cnc2cc(Cl)nn12. The molecule has 1 atom stereocenters. The molecular weight excluding hydrogens is 385 g/mol. The minimum atomic E-state index is -0.460. The summed E-state index contributed by atoms with van der Waals surface area (Å²) in [6.07, 6.45) is 6.38. The first-order valence-electron chi connectivity index (χ1n) is 8.65. The van der Waals surface area contributed by atoms with E-state index in [1.165, 1.54) is 12.3 Å². The van der Waals surface area contributed by atoms with Crippen LogP contribution in [0.15, 0.2) is 36.9 Å². The van der Waals surface area contributed by atoms with Crippen molar-refractivity contribution in [1.29, 1.82) is 0 Å². The number of nitrogens with zero attached hydrogens (tertiary/aromatic N) is 5. The van der Waals surface area contributed by atoms with Crippen molar-refractivity contribution in [2.75, 3.05) is 7.11 Å². The third kappa shape index (κ3) is 3.36. The van der Waals surface area contributed by atoms with Gasteiger partial charge < -0.3 is 9.14 Å². The maximum Gasteiger partial charge on any atom is 0.173 e. The summed E-state index contributed by atoms with van der Waals surface area (Å²) in [6, 6.07) is 2.98. The molecule has 9 heteroatoms. The highest BCUT2D eigenvalue weighted by atomic mass is 35.5. The zero-order valence-corrected chi connectivity index (χ0v) is 16.0. The fourth-order valence-corrected chi connectivity index (χ4v) is 3.46. The lowest BCUT2D eigenvalue weighted by Gasteiger charge is -2.16. The molecule has 0 aliphatic carbocycles. The number of rotatable bonds is 6. The molecule has 0 N–H and O–H groups in total. The smallest absolute Gasteiger partial charge is 0.173 e. The van der Waals surface area contributed by atoms with Crippen molar-refractivity contribution in [2.24, 2.45) is 0 Å². The molecule has 0 aliphatic rings. The Bertz CT molecular complexity index is 1190. The molecule has 0 unspecified atom stereocenters. The van der Waals surface area contributed by atoms with Gasteiger partial charge in [0.15, 0.2) is 22.3 Å². The van der Waals surface area contributed by atoms with Gasteiger partial charge in [-0.2, -0.15) is 5.10 Å². The lowest BCUT2D eigenvalue weighted by atomic mass is 10.0. The van der Waals surface area contributed by atoms with Crippen LogP contribution in [-0.2, 0) is 22.4 Å². The van der Waals surface area contributed by atoms with Crippen LogP contribution in [0.2, 0.25) is 5.15 Å². The molecule has 0 aliphatic heterocycles. The van der Waals surface area contributed by atoms with E-state index in [0.29, 0.717) is 27.6 Å². The normalized spacial score (nSPS) is 12.7. The van der Waals surface area contributed by atoms with Gasteiger partial charge in [0.05, 0.1) is 11.8 Å². The number of carbonyl (C=O) groups is 1. The van der Waals surface area contributed by atoms with E-state index in [1.54, 1.807) is 40.7 Å². The summed E-state index contributed by atoms with van der Waals surface area (Å²) in [5.41, 5.74) is 2.79. The molecule has 7 nitrogen and oxygen atoms in total. The van der Waals surface area contributed by atoms with Gasteiger partial charge in [-0.05, 0) is 18.6 Å². The maximum atomic E-state index is 14.1. The fraction of sp³-hybridized carbons (Fsp3) is 0.263. The zero-order chi connectivity index (χ0) is 19.8. The van der Waals surface area contributed by atoms with Crippen molar-refractivity contribution in [3.8, 4) is 0 Å². The van der Waals surface area contributed by atoms with E-state index in [9.17, 15) is 9.18 Å². The predicted molar refractivity (Wildman–Crippen MR) is 101 cm³/mol. The summed E-state index contributed by atoms with van der Waals surface area (Å²) in [7, 11) is 1.58. The van der Waals surface area contributed by atoms with E-state index < -0.39 is 5.82 Å². The molecule has 144 valence electrons. The van der Waals surface area contributed by atoms with Crippen LogP contribution in [-0.4, -0.2) is 36.9 Å². The Morgan fingerprint density at radius 1 is 1.32 bits per heavy atom. The summed E-state index contributed by atoms with van der Waals surface area (Å²) < 4.78 is 22.7. The first-order chi connectivity index (χ1) is 13.5. The van der Waals surface area contributed by atoms with E-state index in [1.807, 2.05) is 6.92 Å². The van der Waals surface area contributed by atoms with Gasteiger partial charge in [-0.25, -0.2) is 18.9 Å². The Labute approximate surface area is 164 Å². The molecule has 4 heterocycles. The highest BCUT2D eigenvalue weighted by molar-refractivity contribution is 6.29. The van der Waals surface area contributed by atoms with Crippen LogP contribution in [0.5, 0.6) is 0 Å². The number of pyridine rings is 1. The fourth-order valence-electron chi connectivity index (χ4n) is 3.28. The van der Waals surface area contributed by atoms with E-state index in [4.69, 9.17) is 16.3 Å². The van der Waals surface area contributed by atoms with Crippen molar-refractivity contribution in [2.45, 2.75) is 25.9 Å². The molecule has 0 bridgehead atoms. The quantitative estimate of drug-likeness (QED) is 0.496. The summed E-state index contributed by atoms with van der Waals surface area (Å²) in [5, 5.41) is 4.55. The first-order valence-corrected chi connectivity index (χ1v) is 9.02. The highest BCUT2D eigenvalue weighted by Crippen LogP contribution is 2.23. The van der Waals surface area contributed by atoms with Gasteiger partial charge in [-0.3, -0.25) is 4.79 Å². The molecule has 0 amide bonds. The average molecular weight is 402 g/mol. The van der Waals surface area contributed by atoms with Crippen LogP contribution in [0.25, 0.3) is 11.3 Å². The number of ether oxygens (including phenoxy) is 1. The standard InChI is InChI=1S/C19H17ClFN5O2/c1-11(28-2)18-13(9-23-17-8-16(20)24-26(17)18)7-14(27)5-12-6-15(21)19-22-3-4-25(19)10-12/h3-4,6,8-11H,5,7H2,1-2H3/t11-/m0/s1. The van der Waals surface area contributed by atoms with Gasteiger partial charge in [0.1, 0.15) is 5.78 Å². The molecule has 4 aromatic heterocycles. The first kappa shape index (κ1) is 18.5. The van der Waals surface area contributed by atoms with Gasteiger partial charge in [-0.15, -0.1) is 0 Å². The van der Waals surface area contributed by atoms with Crippen LogP contribution >= 0.6 is 11.6 Å². The number of hydrogen-bond acceptors (Lipinski definition) is 5. The van der Waals surface area contributed by atoms with Gasteiger partial charge in [0.2, 0.25) is 0 Å². The van der Waals surface area contributed by atoms with Gasteiger partial charge in [0, 0.05) is 56.4 Å². The second-order valence-corrected chi connectivity index (χ2v) is 6.92. The number of imidazole rings is 1. The Kier molecular flexibility index (Phi) is 4.82. The number of aromatic nitrogens is 5. The summed E-state index contributed by atoms with van der Waals surface area (Å²) in [6.45, 7) is 1.86. The predicted octanol–water partition coefficient (Wildman–Crippen LogP) is 3.23. The Morgan fingerprint density at radius 3 is 2.93 bits per heavy atom. The number of carbonyl (C=O) groups excluding carboxylic acids is 1. The topological polar surface area (TPSA) is 73.8 Å². The van der Waals surface area contributed by atoms with Gasteiger partial charge in [-0.1, -0.05) is 11.6 Å². The molecule has 0 fully saturated rings. The van der Waals surface area contributed by atoms with E-state index in [-0.39, 0.29) is 30.4 Å². The summed E-state index contributed by atoms with van der Waals surface area (Å²) >= 11 is 6.00. The minimum absolute atomic E-state index is 0.0807. The lowest BCUT2D eigenvalue weighted by molar-refractivity contribution is -0.117. The molecule has 0 saturated carbocycles. The molecule has 0 aromatic carbocycles. The largest absolute Gasteiger partial charge is 0.375 e. The molecular formula is C19H17ClFN5O2. The van der Waals surface area contributed by atoms with Crippen LogP contribution in [0, 0.1) is 5.82 Å². The second kappa shape index (κ2) is 7.29. The van der Waals surface area contributed by atoms with Crippen LogP contribution in [0.3, 0.4) is 0 Å². The monoisotopic (exact) mass is 401 g/mol. The molecule has 0 saturated heterocycles. The lowest BCUT2D eigenvalue weighted by Crippen LogP contribution is -2.15. The maximum absolute atomic E-state index is 14.1. The number of hydrogen-bond donors (Lipinski definition) is 0. The Morgan fingerprint density at radius 2 is 2.14 bits per heavy atom. The van der Waals surface area contributed by atoms with Crippen molar-refractivity contribution in [1.82, 2.24) is 24.0 Å². The third-order valence-corrected chi connectivity index (χ3v) is 4.78. The highest BCUT2D eigenvalue weighted by Gasteiger charge is 2.19. The molecule has 0 spiro atoms. The van der Waals surface area contributed by atoms with Gasteiger partial charge >= 0.3 is 0 Å². The number of methoxy groups -OCH3 is 1. The third-order valence-electron chi connectivity index (χ3n) is 4.60. The molecule has 4 aromatic rings. The van der Waals surface area contributed by atoms with E-state index >= 15 is 0 Å². The number of Topliss-reactive ketones (excluding diaryl/α,β-unsaturated/α-hetero) is 1. The minimum Gasteiger partial charge on any atom is -0.375 e. The second-order valence-electron chi connectivity index (χ2n) is 6.53. The van der Waals surface area contributed by atoms with Crippen molar-refractivity contribution >= 4 is 28.7 Å². The van der Waals surface area contributed by atoms with Gasteiger partial charge in [0.25, 0.3) is 0 Å². The number of ketones is 1. The van der Waals surface area contributed by atoms with Crippen molar-refractivity contribution < 1.29 is 13.9 Å². The Hall–Kier alpha value is -2.84. The zero-order valence-electron chi connectivity index (χ0n) is 15.3. The van der Waals surface area contributed by atoms with E-state index in [0.717, 1.165) is 0 Å². The van der Waals surface area contributed by atoms with E-state index in [2.05, 4.69) is 15.1 Å². The molecule has 28 heavy (non-hydrogen) atoms. The summed E-state index contributed by atoms with van der Waals surface area (Å²) in [5.74, 6) is -0.541. The van der Waals surface area contributed by atoms with Crippen LogP contribution in [0.1, 0.15) is 29.8 Å². The molecule has 4 rings (SSSR count). The number of halogens is 2. The number of fused-ring (bicyclic) bond motifs is 2. The van der Waals surface area contributed by atoms with Crippen molar-refractivity contribution in [3.63, 3.8) is 0 Å². The van der Waals surface area contributed by atoms with Crippen molar-refractivity contribution in [3.05, 3.63) is 64.7 Å². The Balaban J connectivity index is 1.64. The van der Waals surface area contributed by atoms with Crippen LogP contribution < -0.4 is 0 Å². The summed E-state index contributed by atoms with van der Waals surface area (Å²) in [4.78, 5) is 21.0.